The van der Waals surface area contributed by atoms with Gasteiger partial charge in [-0.05, 0) is 114 Å². The average molecular weight is 1080 g/mol. The molecule has 16 nitrogen and oxygen atoms in total. The Morgan fingerprint density at radius 2 is 0.908 bits per heavy atom. The summed E-state index contributed by atoms with van der Waals surface area (Å²) in [4.78, 5) is 77.2. The molecule has 0 aliphatic carbocycles. The molecule has 0 spiro atoms. The lowest BCUT2D eigenvalue weighted by molar-refractivity contribution is -0.145. The Hall–Kier alpha value is -4.08. The number of carbonyl (C=O) groups is 5. The molecule has 1 aromatic heterocycles. The fourth-order valence-electron chi connectivity index (χ4n) is 8.50. The van der Waals surface area contributed by atoms with E-state index in [1.165, 1.54) is 0 Å². The number of likely N-dealkylation sites (N-methyl/N-ethyl adjacent to an activating group) is 1. The number of cyclic esters (lactones) is 1. The molecule has 0 saturated carbocycles. The SMILES string of the molecule is CC.CC.CC.CC.CC.CC(C)(C)N1CCCC1=O.CC(C)(C)N1CCOC1=O.CN1CCC(=O)N1C(C)(C)C.CN1CCC(C(C)(C)C)C1=O.CN1CCN(C(C)(C)C)C1=O.Cc1c(C(C)(C)C)c(=O)n(C)n1C. The number of aromatic nitrogens is 2. The molecule has 6 amide bonds. The van der Waals surface area contributed by atoms with Crippen LogP contribution < -0.4 is 5.56 Å². The van der Waals surface area contributed by atoms with Gasteiger partial charge in [0.25, 0.3) is 5.56 Å². The number of amides is 6. The quantitative estimate of drug-likeness (QED) is 0.250. The monoisotopic (exact) mass is 1080 g/mol. The van der Waals surface area contributed by atoms with Crippen LogP contribution in [0, 0.1) is 18.3 Å². The minimum atomic E-state index is -0.187. The molecule has 5 aliphatic rings. The van der Waals surface area contributed by atoms with E-state index >= 15 is 0 Å². The van der Waals surface area contributed by atoms with Crippen LogP contribution in [0.1, 0.15) is 231 Å². The van der Waals surface area contributed by atoms with Crippen molar-refractivity contribution in [3.05, 3.63) is 21.6 Å². The summed E-state index contributed by atoms with van der Waals surface area (Å²) >= 11 is 0. The van der Waals surface area contributed by atoms with Crippen LogP contribution in [0.25, 0.3) is 0 Å². The summed E-state index contributed by atoms with van der Waals surface area (Å²) < 4.78 is 8.32. The zero-order valence-corrected chi connectivity index (χ0v) is 56.2. The van der Waals surface area contributed by atoms with Gasteiger partial charge in [0.2, 0.25) is 17.7 Å². The van der Waals surface area contributed by atoms with Gasteiger partial charge in [-0.15, -0.1) is 0 Å². The van der Waals surface area contributed by atoms with Crippen LogP contribution in [-0.4, -0.2) is 163 Å². The van der Waals surface area contributed by atoms with Crippen molar-refractivity contribution in [2.24, 2.45) is 25.4 Å². The fraction of sp³-hybridized carbons (Fsp3) is 0.867. The maximum Gasteiger partial charge on any atom is 0.410 e. The molecule has 6 rings (SSSR count). The highest BCUT2D eigenvalue weighted by atomic mass is 16.6. The van der Waals surface area contributed by atoms with E-state index in [0.29, 0.717) is 24.8 Å². The van der Waals surface area contributed by atoms with Gasteiger partial charge in [-0.2, -0.15) is 0 Å². The van der Waals surface area contributed by atoms with E-state index < -0.39 is 0 Å². The van der Waals surface area contributed by atoms with E-state index in [1.54, 1.807) is 21.5 Å². The maximum absolute atomic E-state index is 11.8. The van der Waals surface area contributed by atoms with Gasteiger partial charge < -0.3 is 24.3 Å². The van der Waals surface area contributed by atoms with Crippen LogP contribution in [0.3, 0.4) is 0 Å². The third-order valence-electron chi connectivity index (χ3n) is 12.4. The van der Waals surface area contributed by atoms with Crippen LogP contribution in [0.15, 0.2) is 4.79 Å². The van der Waals surface area contributed by atoms with E-state index in [-0.39, 0.29) is 62.5 Å². The second-order valence-corrected chi connectivity index (χ2v) is 24.3. The number of ether oxygens (including phenoxy) is 1. The fourth-order valence-corrected chi connectivity index (χ4v) is 8.50. The van der Waals surface area contributed by atoms with Crippen LogP contribution in [-0.2, 0) is 38.6 Å². The third kappa shape index (κ3) is 27.0. The minimum Gasteiger partial charge on any atom is -0.448 e. The molecule has 0 N–H and O–H groups in total. The number of rotatable bonds is 0. The molecule has 0 radical (unpaired) electrons. The van der Waals surface area contributed by atoms with Crippen LogP contribution in [0.4, 0.5) is 9.59 Å². The highest BCUT2D eigenvalue weighted by Crippen LogP contribution is 2.34. The number of hydrogen-bond acceptors (Lipinski definition) is 8. The number of carbonyl (C=O) groups excluding carboxylic acids is 5. The molecular formula is C60H125N9O7. The van der Waals surface area contributed by atoms with Gasteiger partial charge in [0.05, 0.1) is 12.1 Å². The summed E-state index contributed by atoms with van der Waals surface area (Å²) in [5, 5.41) is 3.81. The van der Waals surface area contributed by atoms with E-state index in [4.69, 9.17) is 4.74 Å². The highest BCUT2D eigenvalue weighted by Gasteiger charge is 2.38. The van der Waals surface area contributed by atoms with Crippen molar-refractivity contribution in [1.29, 1.82) is 0 Å². The topological polar surface area (TPSA) is 144 Å². The molecule has 1 atom stereocenters. The second-order valence-electron chi connectivity index (χ2n) is 24.3. The Balaban J connectivity index is -0.000000257. The van der Waals surface area contributed by atoms with Crippen LogP contribution >= 0.6 is 0 Å². The lowest BCUT2D eigenvalue weighted by atomic mass is 9.80. The lowest BCUT2D eigenvalue weighted by Gasteiger charge is -2.36. The van der Waals surface area contributed by atoms with E-state index in [2.05, 4.69) is 83.1 Å². The third-order valence-corrected chi connectivity index (χ3v) is 12.4. The Morgan fingerprint density at radius 3 is 1.07 bits per heavy atom. The number of hydrazine groups is 1. The van der Waals surface area contributed by atoms with Crippen molar-refractivity contribution < 1.29 is 28.7 Å². The molecule has 452 valence electrons. The first-order chi connectivity index (χ1) is 34.6. The molecule has 6 heterocycles. The van der Waals surface area contributed by atoms with Crippen LogP contribution in [0.2, 0.25) is 0 Å². The van der Waals surface area contributed by atoms with Crippen LogP contribution in [0.5, 0.6) is 0 Å². The molecular weight excluding hydrogens is 959 g/mol. The van der Waals surface area contributed by atoms with E-state index in [0.717, 1.165) is 69.8 Å². The Kier molecular flexibility index (Phi) is 38.4. The first-order valence-electron chi connectivity index (χ1n) is 28.9. The average Bonchev–Trinajstić information content (AvgIpc) is 4.19. The van der Waals surface area contributed by atoms with Gasteiger partial charge in [0.15, 0.2) is 0 Å². The standard InChI is InChI=1S/C10H18N2O.C9H17NO.2C8H16N2O.C8H15NO.C7H13NO2.5C2H6/c1-7-8(10(2,3)4)9(13)12(6)11(7)5;1-9(2,3)7-5-6-10(4)8(7)11;1-8(2,3)10-6-5-9(4)7(10)11;1-8(2,3)10-7(11)5-6-9(10)4;1-8(2,3)9-6-4-5-7(9)10;1-7(2,3)8-4-5-10-6(8)9;5*1-2/h1-6H3;7H,5-6H2,1-4H3;2*5-6H2,1-4H3;4-6H2,1-3H3;4-5H2,1-3H3;5*1-2H3. The molecule has 76 heavy (non-hydrogen) atoms. The van der Waals surface area contributed by atoms with Gasteiger partial charge in [-0.1, -0.05) is 111 Å². The van der Waals surface area contributed by atoms with Crippen molar-refractivity contribution in [3.8, 4) is 0 Å². The summed E-state index contributed by atoms with van der Waals surface area (Å²) in [6.45, 7) is 64.9. The lowest BCUT2D eigenvalue weighted by Crippen LogP contribution is -2.49. The van der Waals surface area contributed by atoms with Crippen molar-refractivity contribution in [2.75, 3.05) is 67.0 Å². The predicted molar refractivity (Wildman–Crippen MR) is 323 cm³/mol. The van der Waals surface area contributed by atoms with Crippen molar-refractivity contribution in [2.45, 2.75) is 254 Å². The van der Waals surface area contributed by atoms with Gasteiger partial charge in [0, 0.05) is 115 Å². The molecule has 5 fully saturated rings. The van der Waals surface area contributed by atoms with Gasteiger partial charge in [0.1, 0.15) is 6.61 Å². The maximum atomic E-state index is 11.8. The summed E-state index contributed by atoms with van der Waals surface area (Å²) in [6, 6.07) is 0.150. The molecule has 0 aromatic carbocycles. The largest absolute Gasteiger partial charge is 0.448 e. The summed E-state index contributed by atoms with van der Waals surface area (Å²) in [6.07, 6.45) is 3.28. The summed E-state index contributed by atoms with van der Waals surface area (Å²) in [5.74, 6) is 1.11. The summed E-state index contributed by atoms with van der Waals surface area (Å²) in [5.41, 5.74) is 2.01. The van der Waals surface area contributed by atoms with Crippen molar-refractivity contribution in [3.63, 3.8) is 0 Å². The van der Waals surface area contributed by atoms with Gasteiger partial charge >= 0.3 is 12.1 Å². The number of hydrogen-bond donors (Lipinski definition) is 0. The molecule has 1 unspecified atom stereocenters. The number of likely N-dealkylation sites (tertiary alicyclic amines) is 2. The first kappa shape index (κ1) is 80.8. The number of nitrogens with zero attached hydrogens (tertiary/aromatic N) is 9. The van der Waals surface area contributed by atoms with E-state index in [1.807, 2.05) is 175 Å². The Labute approximate surface area is 468 Å². The normalized spacial score (nSPS) is 17.5. The Bertz CT molecular complexity index is 1790. The van der Waals surface area contributed by atoms with E-state index in [9.17, 15) is 28.8 Å². The molecule has 16 heteroatoms. The predicted octanol–water partition coefficient (Wildman–Crippen LogP) is 12.6. The number of urea groups is 1. The molecule has 5 aliphatic heterocycles. The molecule has 1 aromatic rings. The van der Waals surface area contributed by atoms with Gasteiger partial charge in [-0.3, -0.25) is 38.5 Å². The summed E-state index contributed by atoms with van der Waals surface area (Å²) in [7, 11) is 9.38. The molecule has 0 bridgehead atoms. The van der Waals surface area contributed by atoms with Gasteiger partial charge in [-0.25, -0.2) is 14.6 Å². The van der Waals surface area contributed by atoms with Crippen molar-refractivity contribution in [1.82, 2.24) is 43.9 Å². The zero-order chi connectivity index (χ0) is 61.9. The smallest absolute Gasteiger partial charge is 0.410 e. The first-order valence-corrected chi connectivity index (χ1v) is 28.9. The molecule has 5 saturated heterocycles. The highest BCUT2D eigenvalue weighted by molar-refractivity contribution is 5.81. The zero-order valence-electron chi connectivity index (χ0n) is 56.2. The van der Waals surface area contributed by atoms with Crippen molar-refractivity contribution >= 4 is 29.8 Å². The Morgan fingerprint density at radius 1 is 0.461 bits per heavy atom. The minimum absolute atomic E-state index is 0.0259. The second kappa shape index (κ2) is 36.2.